The zero-order valence-corrected chi connectivity index (χ0v) is 10.7. The molecule has 0 N–H and O–H groups in total. The van der Waals surface area contributed by atoms with Gasteiger partial charge in [-0.2, -0.15) is 0 Å². The van der Waals surface area contributed by atoms with Gasteiger partial charge >= 0.3 is 5.69 Å². The number of alkyl halides is 1. The van der Waals surface area contributed by atoms with Crippen molar-refractivity contribution in [3.63, 3.8) is 0 Å². The summed E-state index contributed by atoms with van der Waals surface area (Å²) in [6.45, 7) is 2.33. The van der Waals surface area contributed by atoms with Crippen molar-refractivity contribution < 1.29 is 9.66 Å². The van der Waals surface area contributed by atoms with Crippen LogP contribution in [0.15, 0.2) is 18.2 Å². The lowest BCUT2D eigenvalue weighted by Gasteiger charge is -2.06. The lowest BCUT2D eigenvalue weighted by atomic mass is 10.2. The van der Waals surface area contributed by atoms with Crippen LogP contribution in [-0.2, 0) is 0 Å². The van der Waals surface area contributed by atoms with E-state index in [1.807, 2.05) is 13.0 Å². The van der Waals surface area contributed by atoms with Gasteiger partial charge in [-0.25, -0.2) is 0 Å². The Morgan fingerprint density at radius 3 is 2.81 bits per heavy atom. The largest absolute Gasteiger partial charge is 0.487 e. The summed E-state index contributed by atoms with van der Waals surface area (Å²) in [5.74, 6) is 0.352. The van der Waals surface area contributed by atoms with Crippen LogP contribution in [0.5, 0.6) is 5.75 Å². The number of hydrogen-bond donors (Lipinski definition) is 0. The Kier molecular flexibility index (Phi) is 5.25. The molecule has 0 aromatic heterocycles. The molecular formula is C11H14BrNO3. The molecule has 0 saturated heterocycles. The summed E-state index contributed by atoms with van der Waals surface area (Å²) in [6.07, 6.45) is 1.88. The molecule has 0 fully saturated rings. The Bertz CT molecular complexity index is 368. The van der Waals surface area contributed by atoms with E-state index in [4.69, 9.17) is 4.74 Å². The number of aryl methyl sites for hydroxylation is 1. The maximum absolute atomic E-state index is 10.8. The van der Waals surface area contributed by atoms with Gasteiger partial charge in [-0.15, -0.1) is 0 Å². The first kappa shape index (κ1) is 13.0. The lowest BCUT2D eigenvalue weighted by molar-refractivity contribution is -0.385. The fourth-order valence-electron chi connectivity index (χ4n) is 1.27. The average molecular weight is 288 g/mol. The van der Waals surface area contributed by atoms with Gasteiger partial charge in [-0.1, -0.05) is 22.0 Å². The SMILES string of the molecule is Cc1ccc(OCCCCBr)c([N+](=O)[O-])c1. The van der Waals surface area contributed by atoms with E-state index in [-0.39, 0.29) is 5.69 Å². The van der Waals surface area contributed by atoms with Crippen molar-refractivity contribution in [2.24, 2.45) is 0 Å². The minimum Gasteiger partial charge on any atom is -0.487 e. The van der Waals surface area contributed by atoms with E-state index in [0.717, 1.165) is 23.7 Å². The number of nitro benzene ring substituents is 1. The van der Waals surface area contributed by atoms with E-state index in [2.05, 4.69) is 15.9 Å². The fourth-order valence-corrected chi connectivity index (χ4v) is 1.67. The van der Waals surface area contributed by atoms with Crippen molar-refractivity contribution in [1.82, 2.24) is 0 Å². The summed E-state index contributed by atoms with van der Waals surface area (Å²) in [7, 11) is 0. The molecule has 0 aliphatic heterocycles. The third-order valence-corrected chi connectivity index (χ3v) is 2.66. The molecule has 0 bridgehead atoms. The fraction of sp³-hybridized carbons (Fsp3) is 0.455. The highest BCUT2D eigenvalue weighted by Crippen LogP contribution is 2.27. The first-order valence-electron chi connectivity index (χ1n) is 5.09. The van der Waals surface area contributed by atoms with Crippen molar-refractivity contribution in [3.8, 4) is 5.75 Å². The van der Waals surface area contributed by atoms with Crippen molar-refractivity contribution in [2.45, 2.75) is 19.8 Å². The van der Waals surface area contributed by atoms with Crippen LogP contribution in [0.4, 0.5) is 5.69 Å². The van der Waals surface area contributed by atoms with Gasteiger partial charge in [0.15, 0.2) is 5.75 Å². The predicted octanol–water partition coefficient (Wildman–Crippen LogP) is 3.46. The van der Waals surface area contributed by atoms with Crippen molar-refractivity contribution in [2.75, 3.05) is 11.9 Å². The molecular weight excluding hydrogens is 274 g/mol. The summed E-state index contributed by atoms with van der Waals surface area (Å²) in [6, 6.07) is 4.99. The maximum Gasteiger partial charge on any atom is 0.311 e. The third-order valence-electron chi connectivity index (χ3n) is 2.10. The monoisotopic (exact) mass is 287 g/mol. The highest BCUT2D eigenvalue weighted by molar-refractivity contribution is 9.09. The number of halogens is 1. The molecule has 0 spiro atoms. The van der Waals surface area contributed by atoms with Crippen LogP contribution in [0.1, 0.15) is 18.4 Å². The molecule has 4 nitrogen and oxygen atoms in total. The first-order valence-corrected chi connectivity index (χ1v) is 6.21. The molecule has 0 heterocycles. The molecule has 0 saturated carbocycles. The van der Waals surface area contributed by atoms with Crippen LogP contribution in [0.2, 0.25) is 0 Å². The van der Waals surface area contributed by atoms with Gasteiger partial charge in [0.05, 0.1) is 11.5 Å². The van der Waals surface area contributed by atoms with Crippen molar-refractivity contribution in [1.29, 1.82) is 0 Å². The first-order chi connectivity index (χ1) is 7.65. The van der Waals surface area contributed by atoms with Gasteiger partial charge in [0.2, 0.25) is 0 Å². The van der Waals surface area contributed by atoms with E-state index >= 15 is 0 Å². The number of nitrogens with zero attached hydrogens (tertiary/aromatic N) is 1. The summed E-state index contributed by atoms with van der Waals surface area (Å²) >= 11 is 3.32. The van der Waals surface area contributed by atoms with Crippen LogP contribution in [-0.4, -0.2) is 16.9 Å². The number of hydrogen-bond acceptors (Lipinski definition) is 3. The molecule has 88 valence electrons. The Morgan fingerprint density at radius 2 is 2.19 bits per heavy atom. The molecule has 1 aromatic carbocycles. The van der Waals surface area contributed by atoms with Gasteiger partial charge in [-0.05, 0) is 31.4 Å². The summed E-state index contributed by atoms with van der Waals surface area (Å²) in [5.41, 5.74) is 0.901. The molecule has 0 aliphatic rings. The van der Waals surface area contributed by atoms with E-state index in [1.165, 1.54) is 6.07 Å². The number of rotatable bonds is 6. The summed E-state index contributed by atoms with van der Waals surface area (Å²) < 4.78 is 5.39. The molecule has 0 unspecified atom stereocenters. The molecule has 1 rings (SSSR count). The van der Waals surface area contributed by atoms with Crippen molar-refractivity contribution in [3.05, 3.63) is 33.9 Å². The van der Waals surface area contributed by atoms with Crippen molar-refractivity contribution >= 4 is 21.6 Å². The van der Waals surface area contributed by atoms with Crippen LogP contribution < -0.4 is 4.74 Å². The van der Waals surface area contributed by atoms with E-state index < -0.39 is 4.92 Å². The summed E-state index contributed by atoms with van der Waals surface area (Å²) in [4.78, 5) is 10.4. The van der Waals surface area contributed by atoms with Crippen LogP contribution in [0.3, 0.4) is 0 Å². The molecule has 0 atom stereocenters. The molecule has 0 radical (unpaired) electrons. The Labute approximate surface area is 103 Å². The van der Waals surface area contributed by atoms with E-state index in [9.17, 15) is 10.1 Å². The standard InChI is InChI=1S/C11H14BrNO3/c1-9-4-5-11(10(8-9)13(14)15)16-7-3-2-6-12/h4-5,8H,2-3,6-7H2,1H3. The third kappa shape index (κ3) is 3.81. The zero-order chi connectivity index (χ0) is 12.0. The van der Waals surface area contributed by atoms with Gasteiger partial charge in [0.1, 0.15) is 0 Å². The number of unbranched alkanes of at least 4 members (excludes halogenated alkanes) is 1. The summed E-state index contributed by atoms with van der Waals surface area (Å²) in [5, 5.41) is 11.7. The second-order valence-corrected chi connectivity index (χ2v) is 4.27. The van der Waals surface area contributed by atoms with Crippen LogP contribution in [0.25, 0.3) is 0 Å². The number of ether oxygens (including phenoxy) is 1. The minimum atomic E-state index is -0.410. The van der Waals surface area contributed by atoms with E-state index in [1.54, 1.807) is 6.07 Å². The highest BCUT2D eigenvalue weighted by Gasteiger charge is 2.14. The Morgan fingerprint density at radius 1 is 1.44 bits per heavy atom. The Balaban J connectivity index is 2.67. The average Bonchev–Trinajstić information content (AvgIpc) is 2.26. The second-order valence-electron chi connectivity index (χ2n) is 3.47. The molecule has 0 aliphatic carbocycles. The predicted molar refractivity (Wildman–Crippen MR) is 66.4 cm³/mol. The van der Waals surface area contributed by atoms with Gasteiger partial charge < -0.3 is 4.74 Å². The van der Waals surface area contributed by atoms with E-state index in [0.29, 0.717) is 12.4 Å². The lowest BCUT2D eigenvalue weighted by Crippen LogP contribution is -2.01. The molecule has 16 heavy (non-hydrogen) atoms. The van der Waals surface area contributed by atoms with Gasteiger partial charge in [0.25, 0.3) is 0 Å². The normalized spacial score (nSPS) is 10.1. The van der Waals surface area contributed by atoms with Gasteiger partial charge in [-0.3, -0.25) is 10.1 Å². The zero-order valence-electron chi connectivity index (χ0n) is 9.11. The molecule has 5 heteroatoms. The molecule has 0 amide bonds. The highest BCUT2D eigenvalue weighted by atomic mass is 79.9. The maximum atomic E-state index is 10.8. The van der Waals surface area contributed by atoms with Crippen LogP contribution in [0, 0.1) is 17.0 Å². The van der Waals surface area contributed by atoms with Crippen LogP contribution >= 0.6 is 15.9 Å². The quantitative estimate of drug-likeness (QED) is 0.348. The minimum absolute atomic E-state index is 0.0406. The van der Waals surface area contributed by atoms with Gasteiger partial charge in [0, 0.05) is 11.4 Å². The number of benzene rings is 1. The molecule has 1 aromatic rings. The smallest absolute Gasteiger partial charge is 0.311 e. The Hall–Kier alpha value is -1.10. The number of nitro groups is 1. The topological polar surface area (TPSA) is 52.4 Å². The second kappa shape index (κ2) is 6.48.